The second-order valence-corrected chi connectivity index (χ2v) is 7.89. The van der Waals surface area contributed by atoms with Gasteiger partial charge in [0.05, 0.1) is 6.54 Å². The normalized spacial score (nSPS) is 18.7. The van der Waals surface area contributed by atoms with Crippen LogP contribution >= 0.6 is 0 Å². The summed E-state index contributed by atoms with van der Waals surface area (Å²) in [6.45, 7) is 2.23. The highest BCUT2D eigenvalue weighted by Crippen LogP contribution is 2.29. The van der Waals surface area contributed by atoms with Crippen molar-refractivity contribution in [3.63, 3.8) is 0 Å². The number of hydrogen-bond donors (Lipinski definition) is 2. The van der Waals surface area contributed by atoms with Crippen LogP contribution in [0.5, 0.6) is 5.75 Å². The summed E-state index contributed by atoms with van der Waals surface area (Å²) < 4.78 is 1.40. The van der Waals surface area contributed by atoms with Gasteiger partial charge in [-0.25, -0.2) is 4.79 Å². The van der Waals surface area contributed by atoms with Crippen molar-refractivity contribution in [1.82, 2.24) is 14.4 Å². The lowest BCUT2D eigenvalue weighted by molar-refractivity contribution is -0.0140. The van der Waals surface area contributed by atoms with Crippen LogP contribution < -0.4 is 10.3 Å². The van der Waals surface area contributed by atoms with Crippen molar-refractivity contribution in [2.24, 2.45) is 0 Å². The summed E-state index contributed by atoms with van der Waals surface area (Å²) in [4.78, 5) is 42.4. The number of carboxylic acid groups (broad SMARTS) is 1. The third kappa shape index (κ3) is 3.30. The van der Waals surface area contributed by atoms with E-state index in [1.807, 2.05) is 31.1 Å². The van der Waals surface area contributed by atoms with E-state index >= 15 is 0 Å². The zero-order valence-corrected chi connectivity index (χ0v) is 16.9. The molecule has 3 heterocycles. The first kappa shape index (κ1) is 20.0. The van der Waals surface area contributed by atoms with Gasteiger partial charge < -0.3 is 24.6 Å². The van der Waals surface area contributed by atoms with Gasteiger partial charge in [-0.05, 0) is 24.1 Å². The largest absolute Gasteiger partial charge is 0.503 e. The Balaban J connectivity index is 1.66. The summed E-state index contributed by atoms with van der Waals surface area (Å²) in [5.41, 5.74) is 0.490. The average molecular weight is 412 g/mol. The third-order valence-corrected chi connectivity index (χ3v) is 5.77. The third-order valence-electron chi connectivity index (χ3n) is 5.77. The quantitative estimate of drug-likeness (QED) is 0.772. The molecule has 0 spiro atoms. The van der Waals surface area contributed by atoms with Gasteiger partial charge in [-0.3, -0.25) is 14.5 Å². The van der Waals surface area contributed by atoms with Crippen LogP contribution in [0.3, 0.4) is 0 Å². The lowest BCUT2D eigenvalue weighted by atomic mass is 10.1. The zero-order valence-electron chi connectivity index (χ0n) is 16.9. The summed E-state index contributed by atoms with van der Waals surface area (Å²) in [5, 5.41) is 19.5. The van der Waals surface area contributed by atoms with Crippen molar-refractivity contribution in [2.75, 3.05) is 32.1 Å². The number of carbonyl (C=O) groups is 2. The van der Waals surface area contributed by atoms with Crippen LogP contribution in [-0.2, 0) is 13.1 Å². The van der Waals surface area contributed by atoms with Gasteiger partial charge in [0, 0.05) is 45.6 Å². The van der Waals surface area contributed by atoms with Gasteiger partial charge in [0.2, 0.25) is 5.43 Å². The maximum atomic E-state index is 13.0. The fourth-order valence-electron chi connectivity index (χ4n) is 4.19. The van der Waals surface area contributed by atoms with Crippen LogP contribution in [0.2, 0.25) is 0 Å². The Morgan fingerprint density at radius 1 is 1.17 bits per heavy atom. The van der Waals surface area contributed by atoms with E-state index in [2.05, 4.69) is 17.0 Å². The minimum Gasteiger partial charge on any atom is -0.503 e. The van der Waals surface area contributed by atoms with Crippen LogP contribution in [0.25, 0.3) is 0 Å². The van der Waals surface area contributed by atoms with Crippen molar-refractivity contribution in [3.05, 3.63) is 57.5 Å². The van der Waals surface area contributed by atoms with Crippen LogP contribution in [-0.4, -0.2) is 69.8 Å². The Morgan fingerprint density at radius 2 is 1.87 bits per heavy atom. The Hall–Kier alpha value is -3.33. The number of anilines is 1. The van der Waals surface area contributed by atoms with Crippen LogP contribution in [0.4, 0.5) is 5.69 Å². The first-order valence-corrected chi connectivity index (χ1v) is 9.79. The molecule has 2 aliphatic rings. The Labute approximate surface area is 173 Å². The lowest BCUT2D eigenvalue weighted by Crippen LogP contribution is -2.60. The summed E-state index contributed by atoms with van der Waals surface area (Å²) in [6.07, 6.45) is 1.65. The fraction of sp³-hybridized carbons (Fsp3) is 0.381. The van der Waals surface area contributed by atoms with E-state index in [-0.39, 0.29) is 18.4 Å². The van der Waals surface area contributed by atoms with E-state index in [9.17, 15) is 24.6 Å². The van der Waals surface area contributed by atoms with Crippen molar-refractivity contribution >= 4 is 17.6 Å². The molecule has 4 rings (SSSR count). The number of aromatic carboxylic acids is 1. The van der Waals surface area contributed by atoms with Crippen LogP contribution in [0.1, 0.15) is 32.8 Å². The van der Waals surface area contributed by atoms with Crippen molar-refractivity contribution in [3.8, 4) is 5.75 Å². The molecule has 1 fully saturated rings. The zero-order chi connectivity index (χ0) is 21.6. The molecule has 2 aromatic rings. The maximum absolute atomic E-state index is 13.0. The minimum absolute atomic E-state index is 0.140. The fourth-order valence-corrected chi connectivity index (χ4v) is 4.19. The van der Waals surface area contributed by atoms with Gasteiger partial charge in [-0.1, -0.05) is 12.1 Å². The SMILES string of the molecule is CN(C)c1ccc(CN2CCCN3C(=O)c4c(O)c(=O)c(C(=O)O)cn4CC23)cc1. The van der Waals surface area contributed by atoms with Gasteiger partial charge in [-0.2, -0.15) is 0 Å². The molecule has 9 nitrogen and oxygen atoms in total. The van der Waals surface area contributed by atoms with Gasteiger partial charge in [0.15, 0.2) is 11.4 Å². The second kappa shape index (κ2) is 7.49. The Kier molecular flexibility index (Phi) is 4.98. The summed E-state index contributed by atoms with van der Waals surface area (Å²) in [5.74, 6) is -2.68. The van der Waals surface area contributed by atoms with Gasteiger partial charge >= 0.3 is 5.97 Å². The number of nitrogens with zero attached hydrogens (tertiary/aromatic N) is 4. The van der Waals surface area contributed by atoms with E-state index in [4.69, 9.17) is 0 Å². The van der Waals surface area contributed by atoms with E-state index in [1.54, 1.807) is 4.90 Å². The smallest absolute Gasteiger partial charge is 0.341 e. The predicted octanol–water partition coefficient (Wildman–Crippen LogP) is 1.01. The van der Waals surface area contributed by atoms with Crippen molar-refractivity contribution < 1.29 is 19.8 Å². The molecule has 0 bridgehead atoms. The molecule has 0 aliphatic carbocycles. The van der Waals surface area contributed by atoms with E-state index < -0.39 is 28.6 Å². The monoisotopic (exact) mass is 412 g/mol. The molecule has 1 atom stereocenters. The number of benzene rings is 1. The molecule has 0 radical (unpaired) electrons. The first-order chi connectivity index (χ1) is 14.3. The molecule has 1 aromatic carbocycles. The predicted molar refractivity (Wildman–Crippen MR) is 110 cm³/mol. The molecule has 2 N–H and O–H groups in total. The maximum Gasteiger partial charge on any atom is 0.341 e. The molecule has 1 unspecified atom stereocenters. The molecule has 0 saturated carbocycles. The Morgan fingerprint density at radius 3 is 2.50 bits per heavy atom. The average Bonchev–Trinajstić information content (AvgIpc) is 2.71. The molecule has 9 heteroatoms. The van der Waals surface area contributed by atoms with E-state index in [0.29, 0.717) is 13.1 Å². The highest BCUT2D eigenvalue weighted by molar-refractivity contribution is 5.97. The van der Waals surface area contributed by atoms with Crippen molar-refractivity contribution in [1.29, 1.82) is 0 Å². The second-order valence-electron chi connectivity index (χ2n) is 7.89. The lowest BCUT2D eigenvalue weighted by Gasteiger charge is -2.47. The number of carboxylic acids is 1. The molecular weight excluding hydrogens is 388 g/mol. The van der Waals surface area contributed by atoms with Gasteiger partial charge in [0.25, 0.3) is 5.91 Å². The number of aromatic nitrogens is 1. The number of hydrogen-bond acceptors (Lipinski definition) is 6. The van der Waals surface area contributed by atoms with Gasteiger partial charge in [0.1, 0.15) is 11.7 Å². The molecule has 1 aromatic heterocycles. The molecule has 2 aliphatic heterocycles. The topological polar surface area (TPSA) is 106 Å². The number of pyridine rings is 1. The standard InChI is InChI=1S/C21H24N4O5/c1-22(2)14-6-4-13(5-7-14)10-23-8-3-9-25-16(23)12-24-11-15(21(29)30)18(26)19(27)17(24)20(25)28/h4-7,11,16,27H,3,8-10,12H2,1-2H3,(H,29,30). The van der Waals surface area contributed by atoms with Crippen LogP contribution in [0.15, 0.2) is 35.3 Å². The first-order valence-electron chi connectivity index (χ1n) is 9.79. The minimum atomic E-state index is -1.43. The molecule has 158 valence electrons. The summed E-state index contributed by atoms with van der Waals surface area (Å²) in [6, 6.07) is 8.19. The van der Waals surface area contributed by atoms with Gasteiger partial charge in [-0.15, -0.1) is 0 Å². The van der Waals surface area contributed by atoms with E-state index in [0.717, 1.165) is 30.4 Å². The highest BCUT2D eigenvalue weighted by atomic mass is 16.4. The number of rotatable bonds is 4. The number of amides is 1. The van der Waals surface area contributed by atoms with Crippen LogP contribution in [0, 0.1) is 0 Å². The summed E-state index contributed by atoms with van der Waals surface area (Å²) in [7, 11) is 3.96. The number of carbonyl (C=O) groups excluding carboxylic acids is 1. The summed E-state index contributed by atoms with van der Waals surface area (Å²) >= 11 is 0. The molecule has 1 amide bonds. The molecular formula is C21H24N4O5. The molecule has 1 saturated heterocycles. The van der Waals surface area contributed by atoms with E-state index in [1.165, 1.54) is 4.57 Å². The molecule has 30 heavy (non-hydrogen) atoms. The number of fused-ring (bicyclic) bond motifs is 2. The van der Waals surface area contributed by atoms with Crippen molar-refractivity contribution in [2.45, 2.75) is 25.7 Å². The highest BCUT2D eigenvalue weighted by Gasteiger charge is 2.40. The Bertz CT molecular complexity index is 1060. The number of aromatic hydroxyl groups is 1.